The predicted octanol–water partition coefficient (Wildman–Crippen LogP) is 15.4. The Hall–Kier alpha value is -8.49. The third-order valence-electron chi connectivity index (χ3n) is 13.0. The van der Waals surface area contributed by atoms with Gasteiger partial charge in [0.25, 0.3) is 0 Å². The lowest BCUT2D eigenvalue weighted by Crippen LogP contribution is -2.53. The average molecular weight is 1540 g/mol. The van der Waals surface area contributed by atoms with Crippen LogP contribution in [0.4, 0.5) is 19.2 Å². The topological polar surface area (TPSA) is 347 Å². The molecule has 0 heterocycles. The van der Waals surface area contributed by atoms with Crippen molar-refractivity contribution in [2.24, 2.45) is 32.5 Å². The number of ether oxygens (including phenoxy) is 12. The van der Waals surface area contributed by atoms with Crippen molar-refractivity contribution in [2.45, 2.75) is 228 Å². The van der Waals surface area contributed by atoms with E-state index in [0.717, 1.165) is 101 Å². The van der Waals surface area contributed by atoms with Gasteiger partial charge in [-0.1, -0.05) is 171 Å². The van der Waals surface area contributed by atoms with Crippen LogP contribution in [-0.4, -0.2) is 177 Å². The molecule has 108 heavy (non-hydrogen) atoms. The Morgan fingerprint density at radius 1 is 0.278 bits per heavy atom. The summed E-state index contributed by atoms with van der Waals surface area (Å²) >= 11 is 0. The number of hydrogen-bond acceptors (Lipinski definition) is 23. The first-order valence-corrected chi connectivity index (χ1v) is 36.6. The molecule has 0 rings (SSSR count). The molecule has 624 valence electrons. The van der Waals surface area contributed by atoms with Crippen LogP contribution in [0.15, 0.2) is 87.6 Å². The van der Waals surface area contributed by atoms with E-state index in [1.165, 1.54) is 6.08 Å². The fourth-order valence-electron chi connectivity index (χ4n) is 7.30. The molecule has 0 saturated carbocycles. The van der Waals surface area contributed by atoms with E-state index in [2.05, 4.69) is 201 Å². The third-order valence-corrected chi connectivity index (χ3v) is 13.0. The van der Waals surface area contributed by atoms with E-state index in [9.17, 15) is 52.7 Å². The standard InChI is InChI=1S/C18H29NO6.C15H27NO5.C14H25NO4.C13H23NO4.C11H20O2.C10H18O2/c1-7-14(20)24-12-18(6,13-25-15(21)8-2)19-16(22)23-11-9-10-17(3,4)5;1-5-13(17)20-10-8-16-14(18)21-12-11-19-9-6-7-15(2,3)4;1-11(2)12(16)18-10-8-15-13(17)19-9-6-7-14(3,4)5;1-5-11(15)17-10-8-14-12(16)18-9-6-7-13(2,3)4;1-9(2)10(12)13-8-6-7-11(3,4)5;1-5-9(11)12-8-6-7-10(2,3)4/h7-8H,1-2,9-13H2,3-6H3,(H,19,22);5H,1,6-12H2,2-4H3,(H,16,18);1,6-10H2,2-5H3,(H,15,17);5H,1,6-10H2,2-4H3,(H,14,16);1,6-8H2,2-5H3;5H,1,6-8H2,2-4H3. The summed E-state index contributed by atoms with van der Waals surface area (Å²) < 4.78 is 59.2. The Morgan fingerprint density at radius 2 is 0.500 bits per heavy atom. The van der Waals surface area contributed by atoms with Gasteiger partial charge >= 0.3 is 66.2 Å². The first kappa shape index (κ1) is 110. The van der Waals surface area contributed by atoms with Crippen LogP contribution in [0.2, 0.25) is 0 Å². The molecule has 0 aliphatic heterocycles. The fourth-order valence-corrected chi connectivity index (χ4v) is 7.30. The van der Waals surface area contributed by atoms with Gasteiger partial charge in [-0.2, -0.15) is 0 Å². The molecular formula is C81H142N4O23. The summed E-state index contributed by atoms with van der Waals surface area (Å²) in [5.41, 5.74) is 1.27. The number of carbonyl (C=O) groups is 11. The maximum absolute atomic E-state index is 12.0. The Bertz CT molecular complexity index is 2640. The van der Waals surface area contributed by atoms with Crippen LogP contribution in [0.3, 0.4) is 0 Å². The van der Waals surface area contributed by atoms with Gasteiger partial charge in [0.15, 0.2) is 0 Å². The van der Waals surface area contributed by atoms with Crippen LogP contribution >= 0.6 is 0 Å². The number of rotatable bonds is 42. The van der Waals surface area contributed by atoms with Crippen LogP contribution in [-0.2, 0) is 90.4 Å². The predicted molar refractivity (Wildman–Crippen MR) is 421 cm³/mol. The lowest BCUT2D eigenvalue weighted by atomic mass is 9.91. The van der Waals surface area contributed by atoms with E-state index < -0.39 is 59.8 Å². The molecule has 27 nitrogen and oxygen atoms in total. The minimum atomic E-state index is -1.14. The SMILES string of the molecule is C=C(C)C(=O)OCCCC(C)(C)C.C=C(C)C(=O)OCCNC(=O)OCCCC(C)(C)C.C=CC(=O)OCC(C)(COC(=O)C=C)NC(=O)OCCCC(C)(C)C.C=CC(=O)OCCCC(C)(C)C.C=CC(=O)OCCNC(=O)OCCCC(C)(C)C.C=CC(=O)OCCNC(=O)OCCOCCCC(C)(C)C. The number of esters is 7. The van der Waals surface area contributed by atoms with Crippen LogP contribution in [0, 0.1) is 32.5 Å². The van der Waals surface area contributed by atoms with Crippen LogP contribution < -0.4 is 21.3 Å². The normalized spacial score (nSPS) is 10.9. The van der Waals surface area contributed by atoms with Gasteiger partial charge in [0.05, 0.1) is 59.3 Å². The van der Waals surface area contributed by atoms with Crippen molar-refractivity contribution in [3.63, 3.8) is 0 Å². The maximum atomic E-state index is 12.0. The van der Waals surface area contributed by atoms with Crippen molar-refractivity contribution in [3.8, 4) is 0 Å². The largest absolute Gasteiger partial charge is 0.463 e. The van der Waals surface area contributed by atoms with E-state index in [1.807, 2.05) is 0 Å². The molecule has 0 aromatic carbocycles. The van der Waals surface area contributed by atoms with Crippen LogP contribution in [0.25, 0.3) is 0 Å². The second-order valence-electron chi connectivity index (χ2n) is 32.2. The molecule has 0 aromatic rings. The highest BCUT2D eigenvalue weighted by atomic mass is 16.6. The summed E-state index contributed by atoms with van der Waals surface area (Å²) in [7, 11) is 0. The van der Waals surface area contributed by atoms with Gasteiger partial charge in [0.1, 0.15) is 45.2 Å². The fraction of sp³-hybridized carbons (Fsp3) is 0.691. The van der Waals surface area contributed by atoms with Crippen molar-refractivity contribution in [2.75, 3.05) is 106 Å². The maximum Gasteiger partial charge on any atom is 0.407 e. The van der Waals surface area contributed by atoms with Crippen molar-refractivity contribution in [3.05, 3.63) is 87.6 Å². The molecule has 0 spiro atoms. The molecule has 0 saturated heterocycles. The van der Waals surface area contributed by atoms with E-state index in [1.54, 1.807) is 20.8 Å². The van der Waals surface area contributed by atoms with Crippen molar-refractivity contribution < 1.29 is 110 Å². The number of carbonyl (C=O) groups excluding carboxylic acids is 11. The van der Waals surface area contributed by atoms with E-state index >= 15 is 0 Å². The zero-order valence-corrected chi connectivity index (χ0v) is 70.0. The molecule has 0 bridgehead atoms. The summed E-state index contributed by atoms with van der Waals surface area (Å²) in [4.78, 5) is 122. The van der Waals surface area contributed by atoms with Gasteiger partial charge in [-0.3, -0.25) is 0 Å². The molecule has 4 N–H and O–H groups in total. The molecule has 27 heteroatoms. The van der Waals surface area contributed by atoms with Gasteiger partial charge in [-0.05, 0) is 130 Å². The van der Waals surface area contributed by atoms with Crippen molar-refractivity contribution in [1.29, 1.82) is 0 Å². The molecule has 0 aliphatic carbocycles. The lowest BCUT2D eigenvalue weighted by Gasteiger charge is -2.29. The smallest absolute Gasteiger partial charge is 0.407 e. The molecule has 0 radical (unpaired) electrons. The zero-order chi connectivity index (χ0) is 84.7. The molecule has 0 unspecified atom stereocenters. The molecule has 0 fully saturated rings. The Labute approximate surface area is 647 Å². The summed E-state index contributed by atoms with van der Waals surface area (Å²) in [5.74, 6) is -3.40. The number of amides is 4. The van der Waals surface area contributed by atoms with Gasteiger partial charge < -0.3 is 78.1 Å². The van der Waals surface area contributed by atoms with Crippen molar-refractivity contribution >= 4 is 66.2 Å². The minimum Gasteiger partial charge on any atom is -0.463 e. The van der Waals surface area contributed by atoms with Crippen LogP contribution in [0.5, 0.6) is 0 Å². The molecule has 4 amide bonds. The van der Waals surface area contributed by atoms with Gasteiger partial charge in [0, 0.05) is 48.1 Å². The van der Waals surface area contributed by atoms with Crippen molar-refractivity contribution in [1.82, 2.24) is 21.3 Å². The third kappa shape index (κ3) is 93.6. The summed E-state index contributed by atoms with van der Waals surface area (Å²) in [6, 6.07) is 0. The van der Waals surface area contributed by atoms with Gasteiger partial charge in [0.2, 0.25) is 0 Å². The second-order valence-corrected chi connectivity index (χ2v) is 32.2. The highest BCUT2D eigenvalue weighted by Crippen LogP contribution is 2.24. The minimum absolute atomic E-state index is 0.0866. The van der Waals surface area contributed by atoms with E-state index in [4.69, 9.17) is 47.4 Å². The summed E-state index contributed by atoms with van der Waals surface area (Å²) in [5, 5.41) is 10.0. The van der Waals surface area contributed by atoms with Gasteiger partial charge in [-0.15, -0.1) is 0 Å². The van der Waals surface area contributed by atoms with E-state index in [-0.39, 0.29) is 94.1 Å². The molecule has 0 atom stereocenters. The quantitative estimate of drug-likeness (QED) is 0.0191. The highest BCUT2D eigenvalue weighted by Gasteiger charge is 2.31. The number of hydrogen-bond donors (Lipinski definition) is 4. The summed E-state index contributed by atoms with van der Waals surface area (Å²) in [6.45, 7) is 70.8. The Morgan fingerprint density at radius 3 is 0.778 bits per heavy atom. The Kier molecular flexibility index (Phi) is 64.9. The first-order valence-electron chi connectivity index (χ1n) is 36.6. The molecular weight excluding hydrogens is 1400 g/mol. The zero-order valence-electron chi connectivity index (χ0n) is 70.0. The number of nitrogens with one attached hydrogen (secondary N) is 4. The first-order chi connectivity index (χ1) is 49.7. The average Bonchev–Trinajstić information content (AvgIpc) is 0.872. The molecule has 0 aliphatic rings. The highest BCUT2D eigenvalue weighted by molar-refractivity contribution is 5.87. The lowest BCUT2D eigenvalue weighted by molar-refractivity contribution is -0.145. The van der Waals surface area contributed by atoms with E-state index in [0.29, 0.717) is 67.0 Å². The summed E-state index contributed by atoms with van der Waals surface area (Å²) in [6.07, 6.45) is 14.5. The molecule has 0 aromatic heterocycles. The monoisotopic (exact) mass is 1540 g/mol. The van der Waals surface area contributed by atoms with Gasteiger partial charge in [-0.25, -0.2) is 52.7 Å². The Balaban J connectivity index is -0.000000294. The number of alkyl carbamates (subject to hydrolysis) is 4. The second kappa shape index (κ2) is 63.4. The van der Waals surface area contributed by atoms with Crippen LogP contribution in [0.1, 0.15) is 222 Å².